The Bertz CT molecular complexity index is 821. The number of hydrazone groups is 1. The number of piperidine rings is 1. The van der Waals surface area contributed by atoms with Gasteiger partial charge in [0.25, 0.3) is 0 Å². The van der Waals surface area contributed by atoms with E-state index in [1.165, 1.54) is 11.1 Å². The van der Waals surface area contributed by atoms with Gasteiger partial charge in [-0.2, -0.15) is 10.6 Å². The van der Waals surface area contributed by atoms with E-state index in [1.54, 1.807) is 0 Å². The van der Waals surface area contributed by atoms with Crippen LogP contribution in [-0.4, -0.2) is 78.2 Å². The van der Waals surface area contributed by atoms with E-state index >= 15 is 0 Å². The maximum Gasteiger partial charge on any atom is 0.317 e. The Morgan fingerprint density at radius 2 is 1.88 bits per heavy atom. The van der Waals surface area contributed by atoms with Crippen molar-refractivity contribution in [3.8, 4) is 0 Å². The highest BCUT2D eigenvalue weighted by Crippen LogP contribution is 2.28. The zero-order valence-corrected chi connectivity index (χ0v) is 18.9. The van der Waals surface area contributed by atoms with Crippen LogP contribution in [0, 0.1) is 0 Å². The first-order chi connectivity index (χ1) is 15.4. The van der Waals surface area contributed by atoms with E-state index in [0.717, 1.165) is 51.0 Å². The molecule has 4 atom stereocenters. The molecule has 32 heavy (non-hydrogen) atoms. The van der Waals surface area contributed by atoms with Crippen molar-refractivity contribution in [1.29, 1.82) is 0 Å². The fraction of sp³-hybridized carbons (Fsp3) is 0.583. The first-order valence-corrected chi connectivity index (χ1v) is 11.5. The van der Waals surface area contributed by atoms with Crippen LogP contribution in [0.1, 0.15) is 50.3 Å². The number of hydrogen-bond donors (Lipinski definition) is 2. The van der Waals surface area contributed by atoms with Gasteiger partial charge in [0, 0.05) is 19.5 Å². The molecule has 3 saturated heterocycles. The van der Waals surface area contributed by atoms with Crippen molar-refractivity contribution in [3.63, 3.8) is 0 Å². The molecule has 0 amide bonds. The monoisotopic (exact) mass is 442 g/mol. The van der Waals surface area contributed by atoms with Crippen molar-refractivity contribution in [2.75, 3.05) is 32.7 Å². The van der Waals surface area contributed by atoms with E-state index in [1.807, 2.05) is 11.1 Å². The zero-order valence-electron chi connectivity index (χ0n) is 18.9. The first-order valence-electron chi connectivity index (χ1n) is 11.5. The lowest BCUT2D eigenvalue weighted by molar-refractivity contribution is -0.138. The second-order valence-corrected chi connectivity index (χ2v) is 9.10. The molecule has 0 aliphatic carbocycles. The molecule has 3 aliphatic heterocycles. The molecule has 1 aromatic rings. The van der Waals surface area contributed by atoms with Crippen LogP contribution in [0.25, 0.3) is 0 Å². The molecular formula is C24H34N4O4. The summed E-state index contributed by atoms with van der Waals surface area (Å²) in [7, 11) is 0. The van der Waals surface area contributed by atoms with Gasteiger partial charge < -0.3 is 9.84 Å². The van der Waals surface area contributed by atoms with E-state index in [4.69, 9.17) is 14.7 Å². The lowest BCUT2D eigenvalue weighted by atomic mass is 9.97. The van der Waals surface area contributed by atoms with Crippen molar-refractivity contribution >= 4 is 12.2 Å². The average Bonchev–Trinajstić information content (AvgIpc) is 3.21. The number of likely N-dealkylation sites (tertiary alicyclic amines) is 1. The lowest BCUT2D eigenvalue weighted by Gasteiger charge is -2.33. The number of benzene rings is 1. The molecule has 4 rings (SSSR count). The topological polar surface area (TPSA) is 86.6 Å². The highest BCUT2D eigenvalue weighted by Gasteiger charge is 2.26. The van der Waals surface area contributed by atoms with Crippen LogP contribution < -0.4 is 5.48 Å². The molecule has 1 aromatic carbocycles. The molecule has 3 fully saturated rings. The SMILES string of the molecule is CC1CN(N=Cc2ccc(C3CC(C=C4CCN(CC(=O)O)CC4)ON3)cc2)CC(C)O1. The van der Waals surface area contributed by atoms with Gasteiger partial charge in [-0.05, 0) is 37.8 Å². The molecule has 0 saturated carbocycles. The molecule has 174 valence electrons. The highest BCUT2D eigenvalue weighted by atomic mass is 16.7. The minimum atomic E-state index is -0.758. The van der Waals surface area contributed by atoms with Crippen molar-refractivity contribution in [3.05, 3.63) is 47.0 Å². The van der Waals surface area contributed by atoms with Crippen LogP contribution in [0.15, 0.2) is 41.0 Å². The fourth-order valence-corrected chi connectivity index (χ4v) is 4.63. The van der Waals surface area contributed by atoms with E-state index in [-0.39, 0.29) is 30.9 Å². The van der Waals surface area contributed by atoms with Gasteiger partial charge in [-0.3, -0.25) is 19.5 Å². The maximum atomic E-state index is 10.9. The number of hydrogen-bond acceptors (Lipinski definition) is 7. The first kappa shape index (κ1) is 22.9. The summed E-state index contributed by atoms with van der Waals surface area (Å²) in [6.45, 7) is 7.51. The maximum absolute atomic E-state index is 10.9. The second-order valence-electron chi connectivity index (χ2n) is 9.10. The minimum Gasteiger partial charge on any atom is -0.480 e. The number of nitrogens with zero attached hydrogens (tertiary/aromatic N) is 3. The second kappa shape index (κ2) is 10.6. The van der Waals surface area contributed by atoms with Crippen LogP contribution in [0.4, 0.5) is 0 Å². The molecule has 4 unspecified atom stereocenters. The average molecular weight is 443 g/mol. The highest BCUT2D eigenvalue weighted by molar-refractivity contribution is 5.79. The van der Waals surface area contributed by atoms with Gasteiger partial charge in [-0.25, -0.2) is 0 Å². The van der Waals surface area contributed by atoms with Crippen molar-refractivity contribution in [2.24, 2.45) is 5.10 Å². The standard InChI is InChI=1S/C24H34N4O4/c1-17-14-28(15-18(2)31-17)25-13-20-3-5-21(6-4-20)23-12-22(32-26-23)11-19-7-9-27(10-8-19)16-24(29)30/h3-6,11,13,17-18,22-23,26H,7-10,12,14-16H2,1-2H3,(H,29,30). The third-order valence-corrected chi connectivity index (χ3v) is 6.22. The molecule has 0 spiro atoms. The number of carboxylic acid groups (broad SMARTS) is 1. The molecule has 0 bridgehead atoms. The van der Waals surface area contributed by atoms with Crippen LogP contribution in [0.3, 0.4) is 0 Å². The van der Waals surface area contributed by atoms with Gasteiger partial charge in [0.15, 0.2) is 0 Å². The van der Waals surface area contributed by atoms with Crippen molar-refractivity contribution in [1.82, 2.24) is 15.4 Å². The molecule has 0 aromatic heterocycles. The van der Waals surface area contributed by atoms with E-state index in [9.17, 15) is 4.79 Å². The number of aliphatic carboxylic acids is 1. The minimum absolute atomic E-state index is 0.0487. The molecule has 3 heterocycles. The molecule has 2 N–H and O–H groups in total. The Morgan fingerprint density at radius 1 is 1.19 bits per heavy atom. The van der Waals surface area contributed by atoms with Crippen LogP contribution in [0.5, 0.6) is 0 Å². The van der Waals surface area contributed by atoms with Crippen LogP contribution >= 0.6 is 0 Å². The summed E-state index contributed by atoms with van der Waals surface area (Å²) in [5.41, 5.74) is 6.81. The van der Waals surface area contributed by atoms with Gasteiger partial charge in [0.1, 0.15) is 0 Å². The Labute approximate surface area is 189 Å². The van der Waals surface area contributed by atoms with Crippen molar-refractivity contribution < 1.29 is 19.5 Å². The summed E-state index contributed by atoms with van der Waals surface area (Å²) in [5, 5.41) is 15.6. The normalized spacial score (nSPS) is 29.6. The number of carbonyl (C=O) groups is 1. The summed E-state index contributed by atoms with van der Waals surface area (Å²) in [5.74, 6) is -0.758. The van der Waals surface area contributed by atoms with Gasteiger partial charge in [0.2, 0.25) is 0 Å². The van der Waals surface area contributed by atoms with E-state index < -0.39 is 5.97 Å². The summed E-state index contributed by atoms with van der Waals surface area (Å²) in [4.78, 5) is 18.7. The molecule has 8 nitrogen and oxygen atoms in total. The summed E-state index contributed by atoms with van der Waals surface area (Å²) in [6.07, 6.45) is 7.29. The van der Waals surface area contributed by atoms with Crippen LogP contribution in [0.2, 0.25) is 0 Å². The molecule has 8 heteroatoms. The van der Waals surface area contributed by atoms with Crippen LogP contribution in [-0.2, 0) is 14.4 Å². The van der Waals surface area contributed by atoms with Gasteiger partial charge >= 0.3 is 5.97 Å². The third kappa shape index (κ3) is 6.38. The fourth-order valence-electron chi connectivity index (χ4n) is 4.63. The number of carboxylic acids is 1. The molecule has 0 radical (unpaired) electrons. The summed E-state index contributed by atoms with van der Waals surface area (Å²) in [6, 6.07) is 8.62. The summed E-state index contributed by atoms with van der Waals surface area (Å²) < 4.78 is 5.75. The van der Waals surface area contributed by atoms with E-state index in [0.29, 0.717) is 0 Å². The van der Waals surface area contributed by atoms with E-state index in [2.05, 4.69) is 59.8 Å². The van der Waals surface area contributed by atoms with Gasteiger partial charge in [-0.15, -0.1) is 0 Å². The number of ether oxygens (including phenoxy) is 1. The van der Waals surface area contributed by atoms with Gasteiger partial charge in [-0.1, -0.05) is 35.9 Å². The predicted octanol–water partition coefficient (Wildman–Crippen LogP) is 2.57. The number of morpholine rings is 1. The Balaban J connectivity index is 1.26. The summed E-state index contributed by atoms with van der Waals surface area (Å²) >= 11 is 0. The van der Waals surface area contributed by atoms with Crippen molar-refractivity contribution in [2.45, 2.75) is 57.5 Å². The zero-order chi connectivity index (χ0) is 22.5. The quantitative estimate of drug-likeness (QED) is 0.517. The smallest absolute Gasteiger partial charge is 0.317 e. The number of rotatable bonds is 6. The third-order valence-electron chi connectivity index (χ3n) is 6.22. The molecular weight excluding hydrogens is 408 g/mol. The molecule has 3 aliphatic rings. The largest absolute Gasteiger partial charge is 0.480 e. The Kier molecular flexibility index (Phi) is 7.57. The Morgan fingerprint density at radius 3 is 2.53 bits per heavy atom. The Hall–Kier alpha value is -2.26. The number of nitrogens with one attached hydrogen (secondary N) is 1. The lowest BCUT2D eigenvalue weighted by Crippen LogP contribution is -2.42. The predicted molar refractivity (Wildman–Crippen MR) is 122 cm³/mol. The number of hydroxylamine groups is 1. The van der Waals surface area contributed by atoms with Gasteiger partial charge in [0.05, 0.1) is 50.2 Å².